The summed E-state index contributed by atoms with van der Waals surface area (Å²) in [5.41, 5.74) is 0.717. The number of hydrogen-bond acceptors (Lipinski definition) is 4. The zero-order valence-corrected chi connectivity index (χ0v) is 9.45. The first-order valence-electron chi connectivity index (χ1n) is 5.59. The van der Waals surface area contributed by atoms with E-state index < -0.39 is 0 Å². The van der Waals surface area contributed by atoms with E-state index in [1.54, 1.807) is 0 Å². The molecule has 0 aliphatic carbocycles. The SMILES string of the molecule is CNCc1cc(=O)[nH]c(CC2CCOC2)n1. The maximum Gasteiger partial charge on any atom is 0.251 e. The highest BCUT2D eigenvalue weighted by Gasteiger charge is 2.17. The summed E-state index contributed by atoms with van der Waals surface area (Å²) in [5, 5.41) is 2.99. The van der Waals surface area contributed by atoms with Crippen LogP contribution in [-0.4, -0.2) is 30.2 Å². The number of nitrogens with zero attached hydrogens (tertiary/aromatic N) is 1. The highest BCUT2D eigenvalue weighted by Crippen LogP contribution is 2.15. The Kier molecular flexibility index (Phi) is 3.69. The maximum atomic E-state index is 11.4. The zero-order valence-electron chi connectivity index (χ0n) is 9.45. The number of nitrogens with one attached hydrogen (secondary N) is 2. The number of hydrogen-bond donors (Lipinski definition) is 2. The van der Waals surface area contributed by atoms with Crippen molar-refractivity contribution in [3.05, 3.63) is 27.9 Å². The zero-order chi connectivity index (χ0) is 11.4. The van der Waals surface area contributed by atoms with Crippen molar-refractivity contribution in [3.63, 3.8) is 0 Å². The molecule has 0 aromatic carbocycles. The van der Waals surface area contributed by atoms with Crippen LogP contribution < -0.4 is 10.9 Å². The predicted molar refractivity (Wildman–Crippen MR) is 60.3 cm³/mol. The van der Waals surface area contributed by atoms with Crippen molar-refractivity contribution in [2.45, 2.75) is 19.4 Å². The average molecular weight is 223 g/mol. The molecule has 16 heavy (non-hydrogen) atoms. The fourth-order valence-electron chi connectivity index (χ4n) is 1.95. The molecule has 0 amide bonds. The lowest BCUT2D eigenvalue weighted by Crippen LogP contribution is -2.18. The lowest BCUT2D eigenvalue weighted by molar-refractivity contribution is 0.185. The molecule has 1 aromatic heterocycles. The molecule has 2 rings (SSSR count). The Hall–Kier alpha value is -1.20. The Labute approximate surface area is 94.2 Å². The molecular formula is C11H17N3O2. The molecular weight excluding hydrogens is 206 g/mol. The standard InChI is InChI=1S/C11H17N3O2/c1-12-6-9-5-11(15)14-10(13-9)4-8-2-3-16-7-8/h5,8,12H,2-4,6-7H2,1H3,(H,13,14,15). The minimum Gasteiger partial charge on any atom is -0.381 e. The number of aromatic nitrogens is 2. The molecule has 1 aliphatic heterocycles. The number of H-pyrrole nitrogens is 1. The fraction of sp³-hybridized carbons (Fsp3) is 0.636. The third-order valence-corrected chi connectivity index (χ3v) is 2.71. The first-order chi connectivity index (χ1) is 7.78. The van der Waals surface area contributed by atoms with Gasteiger partial charge in [-0.25, -0.2) is 4.98 Å². The van der Waals surface area contributed by atoms with Crippen LogP contribution in [0.5, 0.6) is 0 Å². The van der Waals surface area contributed by atoms with Gasteiger partial charge in [-0.1, -0.05) is 0 Å². The minimum atomic E-state index is -0.0748. The van der Waals surface area contributed by atoms with Crippen LogP contribution in [0.1, 0.15) is 17.9 Å². The Morgan fingerprint density at radius 3 is 3.25 bits per heavy atom. The van der Waals surface area contributed by atoms with E-state index in [1.807, 2.05) is 7.05 Å². The number of ether oxygens (including phenoxy) is 1. The second-order valence-corrected chi connectivity index (χ2v) is 4.15. The normalized spacial score (nSPS) is 20.2. The molecule has 0 radical (unpaired) electrons. The maximum absolute atomic E-state index is 11.4. The van der Waals surface area contributed by atoms with Crippen molar-refractivity contribution in [2.75, 3.05) is 20.3 Å². The van der Waals surface area contributed by atoms with Crippen molar-refractivity contribution in [2.24, 2.45) is 5.92 Å². The van der Waals surface area contributed by atoms with Crippen LogP contribution in [0.15, 0.2) is 10.9 Å². The minimum absolute atomic E-state index is 0.0748. The van der Waals surface area contributed by atoms with Crippen molar-refractivity contribution in [3.8, 4) is 0 Å². The molecule has 1 atom stereocenters. The third kappa shape index (κ3) is 2.90. The highest BCUT2D eigenvalue weighted by atomic mass is 16.5. The third-order valence-electron chi connectivity index (χ3n) is 2.71. The molecule has 1 aliphatic rings. The lowest BCUT2D eigenvalue weighted by Gasteiger charge is -2.07. The first-order valence-corrected chi connectivity index (χ1v) is 5.59. The Bertz CT molecular complexity index is 396. The van der Waals surface area contributed by atoms with Gasteiger partial charge in [-0.05, 0) is 19.4 Å². The van der Waals surface area contributed by atoms with Gasteiger partial charge in [0.25, 0.3) is 5.56 Å². The van der Waals surface area contributed by atoms with E-state index in [2.05, 4.69) is 15.3 Å². The molecule has 88 valence electrons. The van der Waals surface area contributed by atoms with Gasteiger partial charge in [-0.15, -0.1) is 0 Å². The second-order valence-electron chi connectivity index (χ2n) is 4.15. The van der Waals surface area contributed by atoms with E-state index in [1.165, 1.54) is 6.07 Å². The molecule has 2 N–H and O–H groups in total. The van der Waals surface area contributed by atoms with Gasteiger partial charge in [0.1, 0.15) is 5.82 Å². The van der Waals surface area contributed by atoms with Crippen molar-refractivity contribution >= 4 is 0 Å². The summed E-state index contributed by atoms with van der Waals surface area (Å²) in [6.07, 6.45) is 1.85. The monoisotopic (exact) mass is 223 g/mol. The van der Waals surface area contributed by atoms with Crippen molar-refractivity contribution in [1.82, 2.24) is 15.3 Å². The Morgan fingerprint density at radius 1 is 1.69 bits per heavy atom. The van der Waals surface area contributed by atoms with Gasteiger partial charge >= 0.3 is 0 Å². The summed E-state index contributed by atoms with van der Waals surface area (Å²) in [6.45, 7) is 2.23. The molecule has 1 aromatic rings. The van der Waals surface area contributed by atoms with Crippen molar-refractivity contribution in [1.29, 1.82) is 0 Å². The first kappa shape index (κ1) is 11.3. The van der Waals surface area contributed by atoms with E-state index in [4.69, 9.17) is 4.74 Å². The van der Waals surface area contributed by atoms with Crippen LogP contribution in [0.3, 0.4) is 0 Å². The van der Waals surface area contributed by atoms with Crippen LogP contribution in [0.4, 0.5) is 0 Å². The van der Waals surface area contributed by atoms with E-state index in [9.17, 15) is 4.79 Å². The molecule has 0 bridgehead atoms. The summed E-state index contributed by atoms with van der Waals surface area (Å²) >= 11 is 0. The van der Waals surface area contributed by atoms with Crippen LogP contribution >= 0.6 is 0 Å². The van der Waals surface area contributed by atoms with Crippen LogP contribution in [0, 0.1) is 5.92 Å². The van der Waals surface area contributed by atoms with E-state index >= 15 is 0 Å². The fourth-order valence-corrected chi connectivity index (χ4v) is 1.95. The molecule has 1 saturated heterocycles. The van der Waals surface area contributed by atoms with Crippen LogP contribution in [-0.2, 0) is 17.7 Å². The highest BCUT2D eigenvalue weighted by molar-refractivity contribution is 5.03. The summed E-state index contributed by atoms with van der Waals surface area (Å²) in [5.74, 6) is 1.27. The van der Waals surface area contributed by atoms with Crippen molar-refractivity contribution < 1.29 is 4.74 Å². The van der Waals surface area contributed by atoms with E-state index in [0.29, 0.717) is 12.5 Å². The lowest BCUT2D eigenvalue weighted by atomic mass is 10.0. The molecule has 2 heterocycles. The van der Waals surface area contributed by atoms with Crippen LogP contribution in [0.2, 0.25) is 0 Å². The predicted octanol–water partition coefficient (Wildman–Crippen LogP) is 0.0683. The van der Waals surface area contributed by atoms with Gasteiger partial charge < -0.3 is 15.0 Å². The average Bonchev–Trinajstić information content (AvgIpc) is 2.70. The van der Waals surface area contributed by atoms with Gasteiger partial charge in [-0.3, -0.25) is 4.79 Å². The van der Waals surface area contributed by atoms with E-state index in [-0.39, 0.29) is 5.56 Å². The quantitative estimate of drug-likeness (QED) is 0.758. The van der Waals surface area contributed by atoms with E-state index in [0.717, 1.165) is 37.6 Å². The van der Waals surface area contributed by atoms with Gasteiger partial charge in [0.15, 0.2) is 0 Å². The van der Waals surface area contributed by atoms with Crippen LogP contribution in [0.25, 0.3) is 0 Å². The summed E-state index contributed by atoms with van der Waals surface area (Å²) in [4.78, 5) is 18.6. The summed E-state index contributed by atoms with van der Waals surface area (Å²) in [6, 6.07) is 1.53. The number of aromatic amines is 1. The summed E-state index contributed by atoms with van der Waals surface area (Å²) < 4.78 is 5.31. The second kappa shape index (κ2) is 5.23. The van der Waals surface area contributed by atoms with Gasteiger partial charge in [-0.2, -0.15) is 0 Å². The molecule has 5 nitrogen and oxygen atoms in total. The molecule has 1 unspecified atom stereocenters. The molecule has 1 fully saturated rings. The van der Waals surface area contributed by atoms with Gasteiger partial charge in [0, 0.05) is 32.2 Å². The molecule has 0 saturated carbocycles. The number of rotatable bonds is 4. The largest absolute Gasteiger partial charge is 0.381 e. The molecule has 5 heteroatoms. The topological polar surface area (TPSA) is 67.0 Å². The smallest absolute Gasteiger partial charge is 0.251 e. The Morgan fingerprint density at radius 2 is 2.56 bits per heavy atom. The summed E-state index contributed by atoms with van der Waals surface area (Å²) in [7, 11) is 1.84. The molecule has 0 spiro atoms. The van der Waals surface area contributed by atoms with Gasteiger partial charge in [0.2, 0.25) is 0 Å². The van der Waals surface area contributed by atoms with Gasteiger partial charge in [0.05, 0.1) is 5.69 Å². The Balaban J connectivity index is 2.10.